The van der Waals surface area contributed by atoms with Gasteiger partial charge in [-0.2, -0.15) is 0 Å². The molecule has 1 nitrogen and oxygen atoms in total. The van der Waals surface area contributed by atoms with Crippen LogP contribution in [0.25, 0.3) is 22.6 Å². The molecular weight excluding hydrogens is 208 g/mol. The van der Waals surface area contributed by atoms with Gasteiger partial charge in [0.15, 0.2) is 0 Å². The Kier molecular flexibility index (Phi) is 2.30. The van der Waals surface area contributed by atoms with E-state index in [4.69, 9.17) is 0 Å². The van der Waals surface area contributed by atoms with Crippen LogP contribution in [0.1, 0.15) is 0 Å². The smallest absolute Gasteiger partial charge is 0.00999 e. The number of hydrogen-bond donors (Lipinski definition) is 0. The molecule has 0 fully saturated rings. The summed E-state index contributed by atoms with van der Waals surface area (Å²) in [6, 6.07) is 12.0. The molecule has 17 heavy (non-hydrogen) atoms. The Morgan fingerprint density at radius 3 is 2.53 bits per heavy atom. The van der Waals surface area contributed by atoms with Crippen LogP contribution in [0.2, 0.25) is 0 Å². The zero-order chi connectivity index (χ0) is 11.7. The first-order valence-electron chi connectivity index (χ1n) is 5.58. The molecule has 1 heteroatoms. The van der Waals surface area contributed by atoms with Crippen LogP contribution in [-0.4, -0.2) is 0 Å². The van der Waals surface area contributed by atoms with Crippen LogP contribution in [0.3, 0.4) is 0 Å². The summed E-state index contributed by atoms with van der Waals surface area (Å²) < 4.78 is 0. The minimum Gasteiger partial charge on any atom is -0.877 e. The van der Waals surface area contributed by atoms with E-state index in [0.717, 1.165) is 22.3 Å². The van der Waals surface area contributed by atoms with Crippen LogP contribution >= 0.6 is 0 Å². The first kappa shape index (κ1) is 9.91. The first-order valence-corrected chi connectivity index (χ1v) is 5.58. The van der Waals surface area contributed by atoms with Crippen molar-refractivity contribution >= 4 is 22.6 Å². The predicted molar refractivity (Wildman–Crippen MR) is 69.4 cm³/mol. The second kappa shape index (κ2) is 3.95. The van der Waals surface area contributed by atoms with E-state index in [2.05, 4.69) is 24.3 Å². The summed E-state index contributed by atoms with van der Waals surface area (Å²) in [6.45, 7) is 0. The third-order valence-electron chi connectivity index (χ3n) is 3.02. The Labute approximate surface area is 99.3 Å². The maximum Gasteiger partial charge on any atom is -0.00999 e. The van der Waals surface area contributed by atoms with E-state index in [-0.39, 0.29) is 0 Å². The standard InChI is InChI=1S/C16H12O/c17-11-12-8-9-14-6-3-7-15(16(14)10-12)13-4-1-2-5-13/h1-11,17H/p-1. The second-order valence-corrected chi connectivity index (χ2v) is 4.08. The third kappa shape index (κ3) is 1.66. The fourth-order valence-corrected chi connectivity index (χ4v) is 2.17. The highest BCUT2D eigenvalue weighted by molar-refractivity contribution is 5.88. The molecule has 0 unspecified atom stereocenters. The summed E-state index contributed by atoms with van der Waals surface area (Å²) in [5.74, 6) is 0. The summed E-state index contributed by atoms with van der Waals surface area (Å²) in [4.78, 5) is 0. The van der Waals surface area contributed by atoms with E-state index in [1.165, 1.54) is 10.8 Å². The zero-order valence-electron chi connectivity index (χ0n) is 9.26. The molecule has 2 aromatic carbocycles. The summed E-state index contributed by atoms with van der Waals surface area (Å²) in [5.41, 5.74) is 1.19. The molecule has 3 rings (SSSR count). The first-order chi connectivity index (χ1) is 8.38. The summed E-state index contributed by atoms with van der Waals surface area (Å²) in [5, 5.41) is 15.0. The van der Waals surface area contributed by atoms with Crippen molar-refractivity contribution in [1.82, 2.24) is 0 Å². The Balaban J connectivity index is 2.51. The molecular formula is C16H11O-. The van der Waals surface area contributed by atoms with Crippen LogP contribution < -0.4 is 15.5 Å². The lowest BCUT2D eigenvalue weighted by atomic mass is 10.0. The Morgan fingerprint density at radius 1 is 0.941 bits per heavy atom. The largest absolute Gasteiger partial charge is 0.877 e. The van der Waals surface area contributed by atoms with Gasteiger partial charge in [0.2, 0.25) is 0 Å². The Morgan fingerprint density at radius 2 is 1.76 bits per heavy atom. The fraction of sp³-hybridized carbons (Fsp3) is 0. The quantitative estimate of drug-likeness (QED) is 0.653. The van der Waals surface area contributed by atoms with Crippen molar-refractivity contribution in [2.75, 3.05) is 0 Å². The number of allylic oxidation sites excluding steroid dienone is 4. The molecule has 0 amide bonds. The second-order valence-electron chi connectivity index (χ2n) is 4.08. The summed E-state index contributed by atoms with van der Waals surface area (Å²) >= 11 is 0. The average Bonchev–Trinajstić information content (AvgIpc) is 2.91. The van der Waals surface area contributed by atoms with Gasteiger partial charge in [-0.3, -0.25) is 0 Å². The Bertz CT molecular complexity index is 735. The minimum absolute atomic E-state index is 0.719. The van der Waals surface area contributed by atoms with Gasteiger partial charge in [-0.15, -0.1) is 6.26 Å². The van der Waals surface area contributed by atoms with Crippen LogP contribution in [0, 0.1) is 0 Å². The monoisotopic (exact) mass is 219 g/mol. The maximum atomic E-state index is 10.8. The molecule has 1 aliphatic carbocycles. The number of rotatable bonds is 0. The van der Waals surface area contributed by atoms with E-state index >= 15 is 0 Å². The molecule has 0 radical (unpaired) electrons. The van der Waals surface area contributed by atoms with E-state index < -0.39 is 0 Å². The van der Waals surface area contributed by atoms with Crippen molar-refractivity contribution < 1.29 is 5.11 Å². The lowest BCUT2D eigenvalue weighted by Gasteiger charge is -2.01. The van der Waals surface area contributed by atoms with Crippen LogP contribution in [0.15, 0.2) is 60.7 Å². The van der Waals surface area contributed by atoms with Crippen molar-refractivity contribution in [3.63, 3.8) is 0 Å². The molecule has 0 N–H and O–H groups in total. The topological polar surface area (TPSA) is 23.1 Å². The molecule has 82 valence electrons. The molecule has 0 aromatic heterocycles. The normalized spacial score (nSPS) is 15.1. The van der Waals surface area contributed by atoms with Crippen molar-refractivity contribution in [1.29, 1.82) is 0 Å². The molecule has 0 heterocycles. The van der Waals surface area contributed by atoms with Gasteiger partial charge >= 0.3 is 0 Å². The average molecular weight is 219 g/mol. The van der Waals surface area contributed by atoms with Gasteiger partial charge in [0.1, 0.15) is 0 Å². The van der Waals surface area contributed by atoms with Gasteiger partial charge in [0.25, 0.3) is 0 Å². The number of hydrogen-bond acceptors (Lipinski definition) is 1. The van der Waals surface area contributed by atoms with Crippen LogP contribution in [-0.2, 0) is 0 Å². The third-order valence-corrected chi connectivity index (χ3v) is 3.02. The summed E-state index contributed by atoms with van der Waals surface area (Å²) in [7, 11) is 0. The predicted octanol–water partition coefficient (Wildman–Crippen LogP) is 1.21. The van der Waals surface area contributed by atoms with Gasteiger partial charge in [0, 0.05) is 0 Å². The van der Waals surface area contributed by atoms with Crippen LogP contribution in [0.5, 0.6) is 0 Å². The maximum absolute atomic E-state index is 10.8. The van der Waals surface area contributed by atoms with Gasteiger partial charge in [-0.25, -0.2) is 0 Å². The molecule has 1 aliphatic rings. The van der Waals surface area contributed by atoms with Crippen molar-refractivity contribution in [2.45, 2.75) is 0 Å². The van der Waals surface area contributed by atoms with Crippen molar-refractivity contribution in [3.8, 4) is 0 Å². The SMILES string of the molecule is [O-]C=c1ccc2cccc(=C3C=CC=C3)c2c1. The van der Waals surface area contributed by atoms with E-state index in [9.17, 15) is 5.11 Å². The molecule has 0 spiro atoms. The van der Waals surface area contributed by atoms with Crippen LogP contribution in [0.4, 0.5) is 0 Å². The lowest BCUT2D eigenvalue weighted by Crippen LogP contribution is -2.10. The highest BCUT2D eigenvalue weighted by Crippen LogP contribution is 2.11. The summed E-state index contributed by atoms with van der Waals surface area (Å²) in [6.07, 6.45) is 9.11. The Hall–Kier alpha value is -2.28. The van der Waals surface area contributed by atoms with Crippen molar-refractivity contribution in [3.05, 3.63) is 71.1 Å². The van der Waals surface area contributed by atoms with E-state index in [0.29, 0.717) is 0 Å². The van der Waals surface area contributed by atoms with Crippen molar-refractivity contribution in [2.24, 2.45) is 0 Å². The highest BCUT2D eigenvalue weighted by Gasteiger charge is 1.98. The van der Waals surface area contributed by atoms with Gasteiger partial charge in [-0.1, -0.05) is 54.6 Å². The zero-order valence-corrected chi connectivity index (χ0v) is 9.26. The molecule has 0 atom stereocenters. The number of benzene rings is 2. The van der Waals surface area contributed by atoms with Gasteiger partial charge < -0.3 is 5.11 Å². The molecule has 0 aliphatic heterocycles. The van der Waals surface area contributed by atoms with E-state index in [1.807, 2.05) is 36.4 Å². The minimum atomic E-state index is 0.719. The number of fused-ring (bicyclic) bond motifs is 1. The molecule has 0 bridgehead atoms. The van der Waals surface area contributed by atoms with E-state index in [1.54, 1.807) is 0 Å². The molecule has 0 saturated carbocycles. The van der Waals surface area contributed by atoms with Gasteiger partial charge in [-0.05, 0) is 32.8 Å². The fourth-order valence-electron chi connectivity index (χ4n) is 2.17. The molecule has 2 aromatic rings. The highest BCUT2D eigenvalue weighted by atomic mass is 16.2. The lowest BCUT2D eigenvalue weighted by molar-refractivity contribution is -0.229. The molecule has 0 saturated heterocycles. The van der Waals surface area contributed by atoms with Gasteiger partial charge in [0.05, 0.1) is 0 Å².